The lowest BCUT2D eigenvalue weighted by atomic mass is 9.81. The van der Waals surface area contributed by atoms with Crippen molar-refractivity contribution >= 4 is 17.5 Å². The molecule has 0 spiro atoms. The lowest BCUT2D eigenvalue weighted by molar-refractivity contribution is -0.137. The Morgan fingerprint density at radius 1 is 1.10 bits per heavy atom. The number of rotatable bonds is 6. The second-order valence-corrected chi connectivity index (χ2v) is 9.81. The van der Waals surface area contributed by atoms with Gasteiger partial charge < -0.3 is 14.2 Å². The lowest BCUT2D eigenvalue weighted by Gasteiger charge is -2.39. The Bertz CT molecular complexity index is 1420. The van der Waals surface area contributed by atoms with Crippen LogP contribution in [-0.2, 0) is 6.18 Å². The first-order chi connectivity index (χ1) is 18.7. The molecule has 1 aliphatic heterocycles. The predicted octanol–water partition coefficient (Wildman–Crippen LogP) is 6.44. The second kappa shape index (κ2) is 11.1. The summed E-state index contributed by atoms with van der Waals surface area (Å²) in [4.78, 5) is 23.2. The summed E-state index contributed by atoms with van der Waals surface area (Å²) in [5, 5.41) is 4.39. The van der Waals surface area contributed by atoms with Gasteiger partial charge >= 0.3 is 6.18 Å². The van der Waals surface area contributed by atoms with Crippen molar-refractivity contribution in [2.45, 2.75) is 25.4 Å². The molecule has 0 unspecified atom stereocenters. The Morgan fingerprint density at radius 3 is 2.46 bits per heavy atom. The molecule has 4 aromatic rings. The van der Waals surface area contributed by atoms with E-state index in [1.807, 2.05) is 12.1 Å². The average Bonchev–Trinajstić information content (AvgIpc) is 3.38. The number of carbonyl (C=O) groups excluding carboxylic acids is 1. The van der Waals surface area contributed by atoms with Gasteiger partial charge in [-0.3, -0.25) is 4.79 Å². The van der Waals surface area contributed by atoms with Crippen LogP contribution in [0.2, 0.25) is 5.02 Å². The molecule has 1 saturated heterocycles. The summed E-state index contributed by atoms with van der Waals surface area (Å²) in [5.41, 5.74) is 1.42. The van der Waals surface area contributed by atoms with Gasteiger partial charge in [-0.05, 0) is 61.4 Å². The number of carbonyl (C=O) groups is 1. The van der Waals surface area contributed by atoms with Crippen LogP contribution in [0.1, 0.15) is 39.6 Å². The number of aromatic nitrogens is 3. The predicted molar refractivity (Wildman–Crippen MR) is 137 cm³/mol. The molecule has 5 rings (SSSR count). The van der Waals surface area contributed by atoms with Crippen LogP contribution < -0.4 is 4.74 Å². The van der Waals surface area contributed by atoms with Crippen LogP contribution >= 0.6 is 11.6 Å². The van der Waals surface area contributed by atoms with Crippen molar-refractivity contribution in [3.63, 3.8) is 0 Å². The average molecular weight is 557 g/mol. The van der Waals surface area contributed by atoms with Gasteiger partial charge in [0.05, 0.1) is 12.2 Å². The van der Waals surface area contributed by atoms with E-state index in [2.05, 4.69) is 15.1 Å². The van der Waals surface area contributed by atoms with Gasteiger partial charge in [-0.15, -0.1) is 0 Å². The Hall–Kier alpha value is -3.92. The van der Waals surface area contributed by atoms with Crippen LogP contribution in [-0.4, -0.2) is 45.6 Å². The van der Waals surface area contributed by atoms with Crippen molar-refractivity contribution in [3.8, 4) is 17.3 Å². The van der Waals surface area contributed by atoms with Crippen LogP contribution in [0.3, 0.4) is 0 Å². The SMILES string of the molecule is Cc1noc(-c2ccc(C(=O)N3CC[C@@H](COc4ccc(C(F)(F)F)cn4)[C@H](c4ccc(Cl)cc4)C3)cc2)n1. The molecule has 2 aromatic carbocycles. The van der Waals surface area contributed by atoms with Gasteiger partial charge in [0.25, 0.3) is 11.8 Å². The summed E-state index contributed by atoms with van der Waals surface area (Å²) >= 11 is 6.10. The van der Waals surface area contributed by atoms with Crippen molar-refractivity contribution in [3.05, 3.63) is 94.4 Å². The Kier molecular flexibility index (Phi) is 7.56. The normalized spacial score (nSPS) is 17.7. The highest BCUT2D eigenvalue weighted by Crippen LogP contribution is 2.35. The number of ether oxygens (including phenoxy) is 1. The van der Waals surface area contributed by atoms with E-state index in [1.54, 1.807) is 48.2 Å². The summed E-state index contributed by atoms with van der Waals surface area (Å²) in [6.45, 7) is 2.92. The summed E-state index contributed by atoms with van der Waals surface area (Å²) in [6.07, 6.45) is -3.06. The van der Waals surface area contributed by atoms with Gasteiger partial charge in [0, 0.05) is 53.3 Å². The van der Waals surface area contributed by atoms with Crippen LogP contribution in [0.25, 0.3) is 11.5 Å². The zero-order valence-electron chi connectivity index (χ0n) is 20.9. The molecule has 11 heteroatoms. The van der Waals surface area contributed by atoms with Crippen molar-refractivity contribution < 1.29 is 27.2 Å². The largest absolute Gasteiger partial charge is 0.477 e. The molecule has 0 N–H and O–H groups in total. The fourth-order valence-electron chi connectivity index (χ4n) is 4.65. The fraction of sp³-hybridized carbons (Fsp3) is 0.286. The van der Waals surface area contributed by atoms with Crippen molar-refractivity contribution in [1.29, 1.82) is 0 Å². The molecule has 202 valence electrons. The van der Waals surface area contributed by atoms with Gasteiger partial charge in [-0.25, -0.2) is 4.98 Å². The molecular formula is C28H24ClF3N4O3. The lowest BCUT2D eigenvalue weighted by Crippen LogP contribution is -2.44. The topological polar surface area (TPSA) is 81.4 Å². The Morgan fingerprint density at radius 2 is 1.85 bits per heavy atom. The number of hydrogen-bond donors (Lipinski definition) is 0. The highest BCUT2D eigenvalue weighted by Gasteiger charge is 2.34. The number of hydrogen-bond acceptors (Lipinski definition) is 6. The van der Waals surface area contributed by atoms with Crippen molar-refractivity contribution in [2.24, 2.45) is 5.92 Å². The van der Waals surface area contributed by atoms with Crippen LogP contribution in [0.5, 0.6) is 5.88 Å². The molecule has 0 bridgehead atoms. The zero-order valence-corrected chi connectivity index (χ0v) is 21.6. The fourth-order valence-corrected chi connectivity index (χ4v) is 4.78. The van der Waals surface area contributed by atoms with E-state index >= 15 is 0 Å². The minimum absolute atomic E-state index is 0.00228. The summed E-state index contributed by atoms with van der Waals surface area (Å²) < 4.78 is 49.6. The first-order valence-corrected chi connectivity index (χ1v) is 12.7. The first-order valence-electron chi connectivity index (χ1n) is 12.3. The first kappa shape index (κ1) is 26.7. The van der Waals surface area contributed by atoms with E-state index in [0.29, 0.717) is 41.8 Å². The number of amides is 1. The molecule has 0 saturated carbocycles. The standard InChI is InChI=1S/C28H24ClF3N4O3/c1-17-34-26(39-35-17)19-2-4-20(5-3-19)27(37)36-13-12-21(24(15-36)18-6-9-23(29)10-7-18)16-38-25-11-8-22(14-33-25)28(30,31)32/h2-11,14,21,24H,12-13,15-16H2,1H3/t21-,24-/m0/s1. The Balaban J connectivity index is 1.30. The van der Waals surface area contributed by atoms with E-state index < -0.39 is 11.7 Å². The summed E-state index contributed by atoms with van der Waals surface area (Å²) in [6, 6.07) is 16.6. The van der Waals surface area contributed by atoms with Crippen LogP contribution in [0.15, 0.2) is 71.4 Å². The number of benzene rings is 2. The molecule has 3 heterocycles. The van der Waals surface area contributed by atoms with Gasteiger partial charge in [-0.1, -0.05) is 28.9 Å². The van der Waals surface area contributed by atoms with Crippen LogP contribution in [0.4, 0.5) is 13.2 Å². The minimum Gasteiger partial charge on any atom is -0.477 e. The van der Waals surface area contributed by atoms with E-state index in [1.165, 1.54) is 6.07 Å². The Labute approximate surface area is 227 Å². The number of likely N-dealkylation sites (tertiary alicyclic amines) is 1. The number of alkyl halides is 3. The van der Waals surface area contributed by atoms with E-state index in [-0.39, 0.29) is 30.2 Å². The molecule has 39 heavy (non-hydrogen) atoms. The van der Waals surface area contributed by atoms with Gasteiger partial charge in [-0.2, -0.15) is 18.2 Å². The number of halogens is 4. The maximum absolute atomic E-state index is 13.4. The number of nitrogens with zero attached hydrogens (tertiary/aromatic N) is 4. The molecule has 0 radical (unpaired) electrons. The number of pyridine rings is 1. The molecule has 2 aromatic heterocycles. The molecule has 1 amide bonds. The smallest absolute Gasteiger partial charge is 0.417 e. The van der Waals surface area contributed by atoms with E-state index in [0.717, 1.165) is 23.4 Å². The quantitative estimate of drug-likeness (QED) is 0.272. The van der Waals surface area contributed by atoms with Gasteiger partial charge in [0.1, 0.15) is 0 Å². The monoisotopic (exact) mass is 556 g/mol. The highest BCUT2D eigenvalue weighted by molar-refractivity contribution is 6.30. The van der Waals surface area contributed by atoms with Gasteiger partial charge in [0.2, 0.25) is 5.88 Å². The minimum atomic E-state index is -4.46. The molecule has 7 nitrogen and oxygen atoms in total. The molecular weight excluding hydrogens is 533 g/mol. The van der Waals surface area contributed by atoms with Crippen LogP contribution in [0, 0.1) is 12.8 Å². The third-order valence-electron chi connectivity index (χ3n) is 6.76. The van der Waals surface area contributed by atoms with E-state index in [9.17, 15) is 18.0 Å². The zero-order chi connectivity index (χ0) is 27.6. The molecule has 2 atom stereocenters. The second-order valence-electron chi connectivity index (χ2n) is 9.38. The third kappa shape index (κ3) is 6.22. The van der Waals surface area contributed by atoms with Gasteiger partial charge in [0.15, 0.2) is 5.82 Å². The molecule has 0 aliphatic carbocycles. The highest BCUT2D eigenvalue weighted by atomic mass is 35.5. The maximum Gasteiger partial charge on any atom is 0.417 e. The number of aryl methyl sites for hydroxylation is 1. The molecule has 1 aliphatic rings. The third-order valence-corrected chi connectivity index (χ3v) is 7.01. The van der Waals surface area contributed by atoms with Crippen molar-refractivity contribution in [2.75, 3.05) is 19.7 Å². The summed E-state index contributed by atoms with van der Waals surface area (Å²) in [7, 11) is 0. The van der Waals surface area contributed by atoms with Crippen molar-refractivity contribution in [1.82, 2.24) is 20.0 Å². The van der Waals surface area contributed by atoms with E-state index in [4.69, 9.17) is 20.9 Å². The molecule has 1 fully saturated rings. The maximum atomic E-state index is 13.4. The number of piperidine rings is 1. The summed E-state index contributed by atoms with van der Waals surface area (Å²) in [5.74, 6) is 0.855.